The first-order valence-electron chi connectivity index (χ1n) is 6.96. The van der Waals surface area contributed by atoms with E-state index < -0.39 is 0 Å². The van der Waals surface area contributed by atoms with Crippen molar-refractivity contribution < 1.29 is 9.90 Å². The maximum atomic E-state index is 11.7. The Labute approximate surface area is 114 Å². The molecule has 1 aromatic carbocycles. The van der Waals surface area contributed by atoms with Crippen molar-refractivity contribution in [3.05, 3.63) is 29.3 Å². The number of carbonyl (C=O) groups excluding carboxylic acids is 1. The van der Waals surface area contributed by atoms with Crippen molar-refractivity contribution in [1.29, 1.82) is 0 Å². The van der Waals surface area contributed by atoms with Crippen molar-refractivity contribution in [1.82, 2.24) is 5.32 Å². The lowest BCUT2D eigenvalue weighted by atomic mass is 10.1. The van der Waals surface area contributed by atoms with Crippen LogP contribution in [0.2, 0.25) is 0 Å². The summed E-state index contributed by atoms with van der Waals surface area (Å²) in [5, 5.41) is 14.5. The summed E-state index contributed by atoms with van der Waals surface area (Å²) in [6, 6.07) is 5.95. The van der Waals surface area contributed by atoms with Crippen LogP contribution in [0.1, 0.15) is 30.9 Å². The molecule has 4 heteroatoms. The number of aliphatic hydroxyl groups excluding tert-OH is 1. The Morgan fingerprint density at radius 3 is 2.95 bits per heavy atom. The summed E-state index contributed by atoms with van der Waals surface area (Å²) < 4.78 is 0. The van der Waals surface area contributed by atoms with Gasteiger partial charge in [-0.05, 0) is 54.9 Å². The van der Waals surface area contributed by atoms with Gasteiger partial charge in [0.2, 0.25) is 0 Å². The summed E-state index contributed by atoms with van der Waals surface area (Å²) in [6.07, 6.45) is 4.18. The Kier molecular flexibility index (Phi) is 4.80. The molecule has 2 amide bonds. The van der Waals surface area contributed by atoms with E-state index in [1.165, 1.54) is 17.5 Å². The molecule has 2 rings (SSSR count). The van der Waals surface area contributed by atoms with E-state index in [1.807, 2.05) is 13.0 Å². The van der Waals surface area contributed by atoms with E-state index in [4.69, 9.17) is 5.11 Å². The summed E-state index contributed by atoms with van der Waals surface area (Å²) in [6.45, 7) is 2.75. The Hall–Kier alpha value is -1.55. The van der Waals surface area contributed by atoms with Crippen molar-refractivity contribution in [3.8, 4) is 0 Å². The second kappa shape index (κ2) is 6.57. The minimum atomic E-state index is -0.178. The molecular formula is C15H22N2O2. The third-order valence-corrected chi connectivity index (χ3v) is 3.59. The maximum Gasteiger partial charge on any atom is 0.319 e. The van der Waals surface area contributed by atoms with Gasteiger partial charge in [-0.25, -0.2) is 4.79 Å². The zero-order valence-corrected chi connectivity index (χ0v) is 11.4. The lowest BCUT2D eigenvalue weighted by Crippen LogP contribution is -2.32. The molecule has 4 nitrogen and oxygen atoms in total. The minimum Gasteiger partial charge on any atom is -0.396 e. The van der Waals surface area contributed by atoms with Crippen molar-refractivity contribution >= 4 is 11.7 Å². The second-order valence-electron chi connectivity index (χ2n) is 5.29. The lowest BCUT2D eigenvalue weighted by Gasteiger charge is -2.12. The highest BCUT2D eigenvalue weighted by Crippen LogP contribution is 2.24. The molecule has 0 saturated heterocycles. The summed E-state index contributed by atoms with van der Waals surface area (Å²) in [4.78, 5) is 11.7. The predicted octanol–water partition coefficient (Wildman–Crippen LogP) is 2.32. The molecule has 1 aliphatic carbocycles. The molecule has 0 aliphatic heterocycles. The van der Waals surface area contributed by atoms with E-state index in [-0.39, 0.29) is 18.6 Å². The minimum absolute atomic E-state index is 0.162. The number of amides is 2. The van der Waals surface area contributed by atoms with Crippen LogP contribution in [0.3, 0.4) is 0 Å². The quantitative estimate of drug-likeness (QED) is 0.762. The molecule has 0 bridgehead atoms. The van der Waals surface area contributed by atoms with Crippen molar-refractivity contribution in [2.24, 2.45) is 5.92 Å². The van der Waals surface area contributed by atoms with E-state index >= 15 is 0 Å². The van der Waals surface area contributed by atoms with Crippen molar-refractivity contribution in [2.75, 3.05) is 18.5 Å². The molecule has 0 heterocycles. The third kappa shape index (κ3) is 3.96. The van der Waals surface area contributed by atoms with Crippen LogP contribution in [0.4, 0.5) is 10.5 Å². The molecule has 0 aromatic heterocycles. The predicted molar refractivity (Wildman–Crippen MR) is 76.4 cm³/mol. The van der Waals surface area contributed by atoms with Crippen LogP contribution in [-0.2, 0) is 12.8 Å². The highest BCUT2D eigenvalue weighted by molar-refractivity contribution is 5.89. The normalized spacial score (nSPS) is 14.8. The van der Waals surface area contributed by atoms with Gasteiger partial charge in [0, 0.05) is 18.8 Å². The number of hydrogen-bond donors (Lipinski definition) is 3. The number of anilines is 1. The molecule has 104 valence electrons. The van der Waals surface area contributed by atoms with Crippen molar-refractivity contribution in [3.63, 3.8) is 0 Å². The van der Waals surface area contributed by atoms with Crippen molar-refractivity contribution in [2.45, 2.75) is 32.6 Å². The molecule has 19 heavy (non-hydrogen) atoms. The molecule has 1 aromatic rings. The fourth-order valence-corrected chi connectivity index (χ4v) is 2.41. The number of aliphatic hydroxyl groups is 1. The number of aryl methyl sites for hydroxylation is 2. The third-order valence-electron chi connectivity index (χ3n) is 3.59. The highest BCUT2D eigenvalue weighted by atomic mass is 16.3. The fourth-order valence-electron chi connectivity index (χ4n) is 2.41. The van der Waals surface area contributed by atoms with Gasteiger partial charge < -0.3 is 15.7 Å². The number of hydrogen-bond acceptors (Lipinski definition) is 2. The second-order valence-corrected chi connectivity index (χ2v) is 5.29. The molecule has 1 atom stereocenters. The highest BCUT2D eigenvalue weighted by Gasteiger charge is 2.12. The van der Waals surface area contributed by atoms with E-state index in [9.17, 15) is 4.79 Å². The van der Waals surface area contributed by atoms with Crippen LogP contribution < -0.4 is 10.6 Å². The van der Waals surface area contributed by atoms with Gasteiger partial charge in [0.1, 0.15) is 0 Å². The van der Waals surface area contributed by atoms with Crippen LogP contribution in [0.25, 0.3) is 0 Å². The van der Waals surface area contributed by atoms with E-state index in [0.29, 0.717) is 13.0 Å². The Morgan fingerprint density at radius 1 is 1.37 bits per heavy atom. The number of carbonyl (C=O) groups is 1. The van der Waals surface area contributed by atoms with Crippen LogP contribution in [0.15, 0.2) is 18.2 Å². The van der Waals surface area contributed by atoms with E-state index in [0.717, 1.165) is 18.5 Å². The van der Waals surface area contributed by atoms with Gasteiger partial charge in [0.15, 0.2) is 0 Å². The summed E-state index contributed by atoms with van der Waals surface area (Å²) in [5.41, 5.74) is 3.61. The molecule has 0 radical (unpaired) electrons. The van der Waals surface area contributed by atoms with Gasteiger partial charge in [-0.15, -0.1) is 0 Å². The summed E-state index contributed by atoms with van der Waals surface area (Å²) in [5.74, 6) is 0.288. The number of fused-ring (bicyclic) bond motifs is 1. The first kappa shape index (κ1) is 13.9. The van der Waals surface area contributed by atoms with Crippen LogP contribution in [0, 0.1) is 5.92 Å². The molecule has 0 spiro atoms. The maximum absolute atomic E-state index is 11.7. The first-order valence-corrected chi connectivity index (χ1v) is 6.96. The molecule has 0 saturated carbocycles. The Balaban J connectivity index is 1.82. The largest absolute Gasteiger partial charge is 0.396 e. The average molecular weight is 262 g/mol. The van der Waals surface area contributed by atoms with Gasteiger partial charge in [0.05, 0.1) is 0 Å². The SMILES string of the molecule is CC(CCO)CNC(=O)Nc1ccc2c(c1)CCC2. The van der Waals surface area contributed by atoms with Gasteiger partial charge >= 0.3 is 6.03 Å². The first-order chi connectivity index (χ1) is 9.19. The standard InChI is InChI=1S/C15H22N2O2/c1-11(7-8-18)10-16-15(19)17-14-6-5-12-3-2-4-13(12)9-14/h5-6,9,11,18H,2-4,7-8,10H2,1H3,(H2,16,17,19). The zero-order valence-electron chi connectivity index (χ0n) is 11.4. The van der Waals surface area contributed by atoms with E-state index in [2.05, 4.69) is 22.8 Å². The van der Waals surface area contributed by atoms with Gasteiger partial charge in [-0.2, -0.15) is 0 Å². The number of urea groups is 1. The molecule has 1 unspecified atom stereocenters. The Bertz CT molecular complexity index is 446. The summed E-state index contributed by atoms with van der Waals surface area (Å²) >= 11 is 0. The van der Waals surface area contributed by atoms with Gasteiger partial charge in [-0.3, -0.25) is 0 Å². The molecule has 3 N–H and O–H groups in total. The number of benzene rings is 1. The van der Waals surface area contributed by atoms with Gasteiger partial charge in [-0.1, -0.05) is 13.0 Å². The average Bonchev–Trinajstić information content (AvgIpc) is 2.84. The zero-order chi connectivity index (χ0) is 13.7. The summed E-state index contributed by atoms with van der Waals surface area (Å²) in [7, 11) is 0. The lowest BCUT2D eigenvalue weighted by molar-refractivity contribution is 0.243. The number of nitrogens with one attached hydrogen (secondary N) is 2. The molecule has 0 fully saturated rings. The fraction of sp³-hybridized carbons (Fsp3) is 0.533. The molecule has 1 aliphatic rings. The number of rotatable bonds is 5. The molecular weight excluding hydrogens is 240 g/mol. The van der Waals surface area contributed by atoms with Crippen LogP contribution in [-0.4, -0.2) is 24.3 Å². The topological polar surface area (TPSA) is 61.4 Å². The smallest absolute Gasteiger partial charge is 0.319 e. The van der Waals surface area contributed by atoms with Gasteiger partial charge in [0.25, 0.3) is 0 Å². The van der Waals surface area contributed by atoms with Crippen LogP contribution in [0.5, 0.6) is 0 Å². The monoisotopic (exact) mass is 262 g/mol. The Morgan fingerprint density at radius 2 is 2.16 bits per heavy atom. The van der Waals surface area contributed by atoms with E-state index in [1.54, 1.807) is 0 Å². The van der Waals surface area contributed by atoms with Crippen LogP contribution >= 0.6 is 0 Å².